The first kappa shape index (κ1) is 12.9. The third-order valence-electron chi connectivity index (χ3n) is 2.42. The van der Waals surface area contributed by atoms with E-state index in [-0.39, 0.29) is 5.63 Å². The summed E-state index contributed by atoms with van der Waals surface area (Å²) in [7, 11) is 0. The van der Waals surface area contributed by atoms with Gasteiger partial charge in [-0.1, -0.05) is 0 Å². The molecule has 1 aromatic carbocycles. The second kappa shape index (κ2) is 5.38. The zero-order valence-corrected chi connectivity index (χ0v) is 11.8. The van der Waals surface area contributed by atoms with Crippen LogP contribution in [0.1, 0.15) is 12.5 Å². The standard InChI is InChI=1S/C13H12NO3Se/c1-3-16-13(18)14-9-4-5-10-8(2)6-12(15)17-11(10)7-9/h4-7H,3H2,1-2H3. The maximum absolute atomic E-state index is 11.3. The number of fused-ring (bicyclic) bond motifs is 1. The third-order valence-corrected chi connectivity index (χ3v) is 2.86. The fourth-order valence-corrected chi connectivity index (χ4v) is 2.11. The van der Waals surface area contributed by atoms with Gasteiger partial charge in [-0.15, -0.1) is 0 Å². The molecule has 0 N–H and O–H groups in total. The van der Waals surface area contributed by atoms with E-state index in [4.69, 9.17) is 9.15 Å². The Labute approximate surface area is 112 Å². The fourth-order valence-electron chi connectivity index (χ4n) is 1.64. The fraction of sp³-hybridized carbons (Fsp3) is 0.231. The van der Waals surface area contributed by atoms with Gasteiger partial charge >= 0.3 is 112 Å². The molecule has 1 aromatic heterocycles. The van der Waals surface area contributed by atoms with Crippen LogP contribution < -0.4 is 5.63 Å². The summed E-state index contributed by atoms with van der Waals surface area (Å²) in [6.07, 6.45) is 0. The van der Waals surface area contributed by atoms with Gasteiger partial charge in [0, 0.05) is 0 Å². The summed E-state index contributed by atoms with van der Waals surface area (Å²) in [6.45, 7) is 4.31. The Balaban J connectivity index is 2.50. The Morgan fingerprint density at radius 1 is 1.44 bits per heavy atom. The molecule has 4 nitrogen and oxygen atoms in total. The molecule has 0 unspecified atom stereocenters. The van der Waals surface area contributed by atoms with Gasteiger partial charge in [-0.3, -0.25) is 0 Å². The van der Waals surface area contributed by atoms with E-state index in [0.29, 0.717) is 22.7 Å². The van der Waals surface area contributed by atoms with Gasteiger partial charge in [-0.2, -0.15) is 0 Å². The molecule has 18 heavy (non-hydrogen) atoms. The molecule has 1 radical (unpaired) electrons. The van der Waals surface area contributed by atoms with Crippen LogP contribution in [-0.2, 0) is 4.74 Å². The van der Waals surface area contributed by atoms with Crippen LogP contribution in [0, 0.1) is 6.92 Å². The second-order valence-corrected chi connectivity index (χ2v) is 4.47. The quantitative estimate of drug-likeness (QED) is 0.370. The van der Waals surface area contributed by atoms with Gasteiger partial charge in [-0.25, -0.2) is 0 Å². The SMILES string of the molecule is CCOC([Se])=Nc1ccc2c(C)cc(=O)oc2c1. The molecule has 0 spiro atoms. The molecule has 0 saturated carbocycles. The Morgan fingerprint density at radius 3 is 2.94 bits per heavy atom. The Morgan fingerprint density at radius 2 is 2.22 bits per heavy atom. The summed E-state index contributed by atoms with van der Waals surface area (Å²) in [5.41, 5.74) is 1.75. The summed E-state index contributed by atoms with van der Waals surface area (Å²) in [6, 6.07) is 6.93. The second-order valence-electron chi connectivity index (χ2n) is 3.74. The summed E-state index contributed by atoms with van der Waals surface area (Å²) in [5.74, 6) is 0. The van der Waals surface area contributed by atoms with Gasteiger partial charge in [-0.05, 0) is 0 Å². The molecule has 93 valence electrons. The first-order valence-electron chi connectivity index (χ1n) is 5.53. The van der Waals surface area contributed by atoms with Crippen LogP contribution in [0.4, 0.5) is 5.69 Å². The first-order chi connectivity index (χ1) is 8.60. The predicted octanol–water partition coefficient (Wildman–Crippen LogP) is 2.29. The van der Waals surface area contributed by atoms with Crippen molar-refractivity contribution in [2.75, 3.05) is 6.61 Å². The maximum atomic E-state index is 11.3. The van der Waals surface area contributed by atoms with Crippen molar-refractivity contribution in [3.63, 3.8) is 0 Å². The van der Waals surface area contributed by atoms with Gasteiger partial charge in [0.05, 0.1) is 0 Å². The van der Waals surface area contributed by atoms with Gasteiger partial charge in [0.2, 0.25) is 0 Å². The van der Waals surface area contributed by atoms with E-state index in [2.05, 4.69) is 21.0 Å². The van der Waals surface area contributed by atoms with E-state index in [1.54, 1.807) is 6.07 Å². The Hall–Kier alpha value is -1.58. The van der Waals surface area contributed by atoms with Gasteiger partial charge in [0.25, 0.3) is 0 Å². The van der Waals surface area contributed by atoms with Crippen LogP contribution in [0.2, 0.25) is 0 Å². The van der Waals surface area contributed by atoms with Crippen molar-refractivity contribution in [3.05, 3.63) is 40.2 Å². The predicted molar refractivity (Wildman–Crippen MR) is 71.7 cm³/mol. The molecule has 5 heteroatoms. The molecule has 0 bridgehead atoms. The molecule has 0 fully saturated rings. The van der Waals surface area contributed by atoms with Crippen molar-refractivity contribution in [1.82, 2.24) is 0 Å². The van der Waals surface area contributed by atoms with Gasteiger partial charge in [0.15, 0.2) is 0 Å². The molecule has 0 amide bonds. The van der Waals surface area contributed by atoms with Crippen LogP contribution in [-0.4, -0.2) is 27.4 Å². The average molecular weight is 309 g/mol. The number of hydrogen-bond acceptors (Lipinski definition) is 4. The van der Waals surface area contributed by atoms with Gasteiger partial charge < -0.3 is 0 Å². The molecule has 0 atom stereocenters. The van der Waals surface area contributed by atoms with Crippen molar-refractivity contribution in [2.24, 2.45) is 4.99 Å². The molecule has 1 heterocycles. The Bertz CT molecular complexity index is 661. The summed E-state index contributed by atoms with van der Waals surface area (Å²) in [5, 5.41) is 0.909. The number of hydrogen-bond donors (Lipinski definition) is 0. The van der Waals surface area contributed by atoms with E-state index in [0.717, 1.165) is 10.9 Å². The topological polar surface area (TPSA) is 51.8 Å². The number of nitrogens with zero attached hydrogens (tertiary/aromatic N) is 1. The average Bonchev–Trinajstić information content (AvgIpc) is 2.28. The van der Waals surface area contributed by atoms with E-state index >= 15 is 0 Å². The number of aryl methyl sites for hydroxylation is 1. The summed E-state index contributed by atoms with van der Waals surface area (Å²) < 4.78 is 10.4. The zero-order chi connectivity index (χ0) is 13.1. The van der Waals surface area contributed by atoms with E-state index in [1.807, 2.05) is 26.0 Å². The molecule has 2 aromatic rings. The van der Waals surface area contributed by atoms with Crippen molar-refractivity contribution in [2.45, 2.75) is 13.8 Å². The number of ether oxygens (including phenoxy) is 1. The molecule has 0 aliphatic heterocycles. The minimum atomic E-state index is -0.353. The minimum absolute atomic E-state index is 0.353. The van der Waals surface area contributed by atoms with Crippen LogP contribution in [0.3, 0.4) is 0 Å². The monoisotopic (exact) mass is 310 g/mol. The van der Waals surface area contributed by atoms with Crippen molar-refractivity contribution < 1.29 is 9.15 Å². The number of benzene rings is 1. The molecule has 0 saturated heterocycles. The molecule has 0 aliphatic carbocycles. The van der Waals surface area contributed by atoms with E-state index in [1.165, 1.54) is 6.07 Å². The summed E-state index contributed by atoms with van der Waals surface area (Å²) in [4.78, 5) is 16.0. The zero-order valence-electron chi connectivity index (χ0n) is 10.1. The molecule has 2 rings (SSSR count). The number of aliphatic imine (C=N–C) groups is 1. The van der Waals surface area contributed by atoms with Crippen LogP contribution in [0.15, 0.2) is 38.5 Å². The first-order valence-corrected chi connectivity index (χ1v) is 6.39. The van der Waals surface area contributed by atoms with Crippen molar-refractivity contribution >= 4 is 37.5 Å². The van der Waals surface area contributed by atoms with Crippen LogP contribution in [0.5, 0.6) is 0 Å². The molecular formula is C13H12NO3Se. The van der Waals surface area contributed by atoms with Crippen LogP contribution in [0.25, 0.3) is 11.0 Å². The Kier molecular flexibility index (Phi) is 3.84. The van der Waals surface area contributed by atoms with E-state index in [9.17, 15) is 4.79 Å². The summed E-state index contributed by atoms with van der Waals surface area (Å²) >= 11 is 2.73. The third kappa shape index (κ3) is 2.81. The van der Waals surface area contributed by atoms with Crippen molar-refractivity contribution in [1.29, 1.82) is 0 Å². The molecular weight excluding hydrogens is 297 g/mol. The van der Waals surface area contributed by atoms with Crippen LogP contribution >= 0.6 is 0 Å². The van der Waals surface area contributed by atoms with Gasteiger partial charge in [0.1, 0.15) is 0 Å². The van der Waals surface area contributed by atoms with Crippen molar-refractivity contribution in [3.8, 4) is 0 Å². The number of rotatable bonds is 2. The molecule has 0 aliphatic rings. The van der Waals surface area contributed by atoms with E-state index < -0.39 is 0 Å². The normalized spacial score (nSPS) is 11.8.